The van der Waals surface area contributed by atoms with Crippen LogP contribution >= 0.6 is 0 Å². The molecule has 0 aliphatic rings. The van der Waals surface area contributed by atoms with Gasteiger partial charge in [0.05, 0.1) is 12.5 Å². The lowest BCUT2D eigenvalue weighted by Crippen LogP contribution is -2.49. The summed E-state index contributed by atoms with van der Waals surface area (Å²) in [4.78, 5) is 24.2. The van der Waals surface area contributed by atoms with Crippen LogP contribution in [0.5, 0.6) is 0 Å². The lowest BCUT2D eigenvalue weighted by Gasteiger charge is -2.18. The Morgan fingerprint density at radius 1 is 1.20 bits per heavy atom. The van der Waals surface area contributed by atoms with Crippen LogP contribution in [0.15, 0.2) is 42.5 Å². The molecule has 0 radical (unpaired) electrons. The van der Waals surface area contributed by atoms with E-state index in [9.17, 15) is 9.59 Å². The molecule has 6 heteroatoms. The number of carbonyl (C=O) groups excluding carboxylic acids is 2. The van der Waals surface area contributed by atoms with Crippen LogP contribution < -0.4 is 10.6 Å². The van der Waals surface area contributed by atoms with Crippen LogP contribution in [0.25, 0.3) is 10.8 Å². The fourth-order valence-corrected chi connectivity index (χ4v) is 2.54. The number of benzene rings is 2. The Kier molecular flexibility index (Phi) is 6.93. The number of nitriles is 1. The van der Waals surface area contributed by atoms with Gasteiger partial charge in [0.1, 0.15) is 12.6 Å². The number of amides is 2. The summed E-state index contributed by atoms with van der Waals surface area (Å²) in [6, 6.07) is 15.1. The topological polar surface area (TPSA) is 91.2 Å². The molecule has 0 aliphatic heterocycles. The number of ether oxygens (including phenoxy) is 1. The molecule has 2 rings (SSSR count). The fraction of sp³-hybridized carbons (Fsp3) is 0.316. The Hall–Kier alpha value is -2.91. The van der Waals surface area contributed by atoms with E-state index in [0.29, 0.717) is 6.42 Å². The maximum atomic E-state index is 12.3. The fourth-order valence-electron chi connectivity index (χ4n) is 2.54. The molecule has 2 aromatic carbocycles. The van der Waals surface area contributed by atoms with Crippen LogP contribution in [-0.2, 0) is 20.7 Å². The largest absolute Gasteiger partial charge is 0.375 e. The molecule has 0 aromatic heterocycles. The zero-order chi connectivity index (χ0) is 18.1. The van der Waals surface area contributed by atoms with Gasteiger partial charge < -0.3 is 15.4 Å². The summed E-state index contributed by atoms with van der Waals surface area (Å²) < 4.78 is 4.80. The molecule has 0 aliphatic carbocycles. The standard InChI is InChI=1S/C19H21N3O3/c1-25-13-18(23)22-17(19(24)21-10-4-9-20)12-14-7-8-15-5-2-3-6-16(15)11-14/h2-3,5-8,11,17H,4,10,12-13H2,1H3,(H,21,24)(H,22,23). The van der Waals surface area contributed by atoms with E-state index < -0.39 is 6.04 Å². The van der Waals surface area contributed by atoms with E-state index >= 15 is 0 Å². The molecule has 6 nitrogen and oxygen atoms in total. The van der Waals surface area contributed by atoms with Crippen molar-refractivity contribution in [1.82, 2.24) is 10.6 Å². The second kappa shape index (κ2) is 9.40. The molecule has 0 saturated carbocycles. The summed E-state index contributed by atoms with van der Waals surface area (Å²) in [5.41, 5.74) is 0.942. The highest BCUT2D eigenvalue weighted by Gasteiger charge is 2.21. The first-order valence-electron chi connectivity index (χ1n) is 8.04. The first-order valence-corrected chi connectivity index (χ1v) is 8.04. The molecule has 0 fully saturated rings. The van der Waals surface area contributed by atoms with Gasteiger partial charge in [0, 0.05) is 20.1 Å². The van der Waals surface area contributed by atoms with Gasteiger partial charge in [-0.25, -0.2) is 0 Å². The normalized spacial score (nSPS) is 11.5. The molecule has 130 valence electrons. The van der Waals surface area contributed by atoms with E-state index in [1.165, 1.54) is 7.11 Å². The second-order valence-corrected chi connectivity index (χ2v) is 5.64. The minimum absolute atomic E-state index is 0.111. The molecule has 0 saturated heterocycles. The maximum absolute atomic E-state index is 12.3. The minimum atomic E-state index is -0.720. The molecule has 1 unspecified atom stereocenters. The Bertz CT molecular complexity index is 783. The SMILES string of the molecule is COCC(=O)NC(Cc1ccc2ccccc2c1)C(=O)NCCC#N. The highest BCUT2D eigenvalue weighted by molar-refractivity contribution is 5.88. The second-order valence-electron chi connectivity index (χ2n) is 5.64. The molecule has 2 aromatic rings. The highest BCUT2D eigenvalue weighted by Crippen LogP contribution is 2.16. The number of nitrogens with zero attached hydrogens (tertiary/aromatic N) is 1. The third-order valence-electron chi connectivity index (χ3n) is 3.72. The van der Waals surface area contributed by atoms with E-state index in [0.717, 1.165) is 16.3 Å². The molecular formula is C19H21N3O3. The van der Waals surface area contributed by atoms with Crippen molar-refractivity contribution in [2.24, 2.45) is 0 Å². The van der Waals surface area contributed by atoms with E-state index in [-0.39, 0.29) is 31.4 Å². The van der Waals surface area contributed by atoms with Gasteiger partial charge in [-0.1, -0.05) is 42.5 Å². The summed E-state index contributed by atoms with van der Waals surface area (Å²) in [6.45, 7) is 0.142. The van der Waals surface area contributed by atoms with Crippen LogP contribution in [-0.4, -0.2) is 38.1 Å². The van der Waals surface area contributed by atoms with Crippen LogP contribution in [0.2, 0.25) is 0 Å². The summed E-state index contributed by atoms with van der Waals surface area (Å²) in [7, 11) is 1.42. The number of methoxy groups -OCH3 is 1. The highest BCUT2D eigenvalue weighted by atomic mass is 16.5. The molecular weight excluding hydrogens is 318 g/mol. The zero-order valence-corrected chi connectivity index (χ0v) is 14.1. The van der Waals surface area contributed by atoms with Gasteiger partial charge in [-0.2, -0.15) is 5.26 Å². The number of nitrogens with one attached hydrogen (secondary N) is 2. The van der Waals surface area contributed by atoms with Crippen LogP contribution in [0.1, 0.15) is 12.0 Å². The molecule has 1 atom stereocenters. The van der Waals surface area contributed by atoms with Crippen molar-refractivity contribution in [2.45, 2.75) is 18.9 Å². The van der Waals surface area contributed by atoms with Gasteiger partial charge in [-0.05, 0) is 16.3 Å². The first-order chi connectivity index (χ1) is 12.1. The predicted molar refractivity (Wildman–Crippen MR) is 94.7 cm³/mol. The van der Waals surface area contributed by atoms with E-state index in [2.05, 4.69) is 10.6 Å². The molecule has 25 heavy (non-hydrogen) atoms. The summed E-state index contributed by atoms with van der Waals surface area (Å²) >= 11 is 0. The number of carbonyl (C=O) groups is 2. The van der Waals surface area contributed by atoms with Gasteiger partial charge in [-0.3, -0.25) is 9.59 Å². The first kappa shape index (κ1) is 18.4. The third-order valence-corrected chi connectivity index (χ3v) is 3.72. The lowest BCUT2D eigenvalue weighted by atomic mass is 10.0. The monoisotopic (exact) mass is 339 g/mol. The Morgan fingerprint density at radius 3 is 2.68 bits per heavy atom. The summed E-state index contributed by atoms with van der Waals surface area (Å²) in [6.07, 6.45) is 0.582. The molecule has 0 spiro atoms. The van der Waals surface area contributed by atoms with Gasteiger partial charge in [0.15, 0.2) is 0 Å². The quantitative estimate of drug-likeness (QED) is 0.714. The minimum Gasteiger partial charge on any atom is -0.375 e. The molecule has 0 bridgehead atoms. The van der Waals surface area contributed by atoms with Crippen molar-refractivity contribution in [2.75, 3.05) is 20.3 Å². The van der Waals surface area contributed by atoms with Crippen molar-refractivity contribution in [1.29, 1.82) is 5.26 Å². The maximum Gasteiger partial charge on any atom is 0.246 e. The number of rotatable bonds is 8. The lowest BCUT2D eigenvalue weighted by molar-refractivity contribution is -0.130. The van der Waals surface area contributed by atoms with E-state index in [4.69, 9.17) is 10.00 Å². The number of fused-ring (bicyclic) bond motifs is 1. The van der Waals surface area contributed by atoms with E-state index in [1.807, 2.05) is 48.5 Å². The van der Waals surface area contributed by atoms with Crippen molar-refractivity contribution < 1.29 is 14.3 Å². The third kappa shape index (κ3) is 5.59. The summed E-state index contributed by atoms with van der Waals surface area (Å²) in [5, 5.41) is 16.1. The Morgan fingerprint density at radius 2 is 1.96 bits per heavy atom. The van der Waals surface area contributed by atoms with Gasteiger partial charge in [0.2, 0.25) is 11.8 Å². The zero-order valence-electron chi connectivity index (χ0n) is 14.1. The smallest absolute Gasteiger partial charge is 0.246 e. The van der Waals surface area contributed by atoms with Crippen LogP contribution in [0, 0.1) is 11.3 Å². The van der Waals surface area contributed by atoms with Gasteiger partial charge in [-0.15, -0.1) is 0 Å². The summed E-state index contributed by atoms with van der Waals surface area (Å²) in [5.74, 6) is -0.670. The van der Waals surface area contributed by atoms with E-state index in [1.54, 1.807) is 0 Å². The van der Waals surface area contributed by atoms with Crippen LogP contribution in [0.3, 0.4) is 0 Å². The van der Waals surface area contributed by atoms with Crippen molar-refractivity contribution in [3.63, 3.8) is 0 Å². The molecule has 0 heterocycles. The molecule has 2 N–H and O–H groups in total. The van der Waals surface area contributed by atoms with Crippen LogP contribution in [0.4, 0.5) is 0 Å². The average molecular weight is 339 g/mol. The average Bonchev–Trinajstić information content (AvgIpc) is 2.61. The number of hydrogen-bond donors (Lipinski definition) is 2. The molecule has 2 amide bonds. The van der Waals surface area contributed by atoms with Crippen molar-refractivity contribution in [3.05, 3.63) is 48.0 Å². The number of hydrogen-bond acceptors (Lipinski definition) is 4. The van der Waals surface area contributed by atoms with Gasteiger partial charge in [0.25, 0.3) is 0 Å². The van der Waals surface area contributed by atoms with Crippen molar-refractivity contribution >= 4 is 22.6 Å². The Balaban J connectivity index is 2.13. The Labute approximate surface area is 146 Å². The predicted octanol–water partition coefficient (Wildman–Crippen LogP) is 1.54. The van der Waals surface area contributed by atoms with Gasteiger partial charge >= 0.3 is 0 Å². The van der Waals surface area contributed by atoms with Crippen molar-refractivity contribution in [3.8, 4) is 6.07 Å².